The van der Waals surface area contributed by atoms with Crippen molar-refractivity contribution in [2.75, 3.05) is 20.3 Å². The number of methoxy groups -OCH3 is 1. The van der Waals surface area contributed by atoms with E-state index in [1.54, 1.807) is 7.11 Å². The molecule has 0 saturated heterocycles. The van der Waals surface area contributed by atoms with E-state index in [2.05, 4.69) is 15.4 Å². The summed E-state index contributed by atoms with van der Waals surface area (Å²) < 4.78 is 44.3. The smallest absolute Gasteiger partial charge is 0.238 e. The lowest BCUT2D eigenvalue weighted by Crippen LogP contribution is -2.17. The van der Waals surface area contributed by atoms with E-state index in [0.29, 0.717) is 31.2 Å². The van der Waals surface area contributed by atoms with E-state index in [4.69, 9.17) is 9.88 Å². The van der Waals surface area contributed by atoms with Crippen LogP contribution in [0.25, 0.3) is 5.69 Å². The minimum atomic E-state index is -4.01. The maximum absolute atomic E-state index is 14.8. The highest BCUT2D eigenvalue weighted by Crippen LogP contribution is 2.20. The molecule has 3 aromatic rings. The molecular weight excluding hydrogens is 421 g/mol. The minimum Gasteiger partial charge on any atom is -0.385 e. The van der Waals surface area contributed by atoms with Crippen LogP contribution in [0.4, 0.5) is 4.39 Å². The molecule has 0 aliphatic rings. The summed E-state index contributed by atoms with van der Waals surface area (Å²) in [5.74, 6) is 0.301. The number of primary sulfonamides is 1. The highest BCUT2D eigenvalue weighted by Gasteiger charge is 2.18. The molecular formula is C21H26FN5O3S. The van der Waals surface area contributed by atoms with Crippen molar-refractivity contribution in [2.45, 2.75) is 31.2 Å². The molecule has 0 fully saturated rings. The fraction of sp³-hybridized carbons (Fsp3) is 0.333. The summed E-state index contributed by atoms with van der Waals surface area (Å²) in [6.45, 7) is 3.79. The molecule has 1 aromatic heterocycles. The Labute approximate surface area is 181 Å². The van der Waals surface area contributed by atoms with Gasteiger partial charge in [-0.25, -0.2) is 27.6 Å². The number of hydrogen-bond donors (Lipinski definition) is 2. The summed E-state index contributed by atoms with van der Waals surface area (Å²) in [5.41, 5.74) is 2.24. The van der Waals surface area contributed by atoms with E-state index in [1.165, 1.54) is 16.8 Å². The van der Waals surface area contributed by atoms with Crippen LogP contribution in [0.3, 0.4) is 0 Å². The first-order valence-corrected chi connectivity index (χ1v) is 11.4. The molecule has 0 amide bonds. The van der Waals surface area contributed by atoms with E-state index in [1.807, 2.05) is 31.2 Å². The molecule has 0 bridgehead atoms. The number of nitrogens with zero attached hydrogens (tertiary/aromatic N) is 3. The second kappa shape index (κ2) is 10.1. The topological polar surface area (TPSA) is 112 Å². The predicted octanol–water partition coefficient (Wildman–Crippen LogP) is 2.08. The number of sulfonamides is 1. The largest absolute Gasteiger partial charge is 0.385 e. The zero-order valence-corrected chi connectivity index (χ0v) is 18.3. The molecule has 0 saturated carbocycles. The molecule has 8 nitrogen and oxygen atoms in total. The molecule has 10 heteroatoms. The van der Waals surface area contributed by atoms with Gasteiger partial charge >= 0.3 is 0 Å². The van der Waals surface area contributed by atoms with Gasteiger partial charge in [-0.15, -0.1) is 5.10 Å². The van der Waals surface area contributed by atoms with Crippen LogP contribution in [0.15, 0.2) is 47.4 Å². The quantitative estimate of drug-likeness (QED) is 0.460. The van der Waals surface area contributed by atoms with Crippen LogP contribution >= 0.6 is 0 Å². The fourth-order valence-corrected chi connectivity index (χ4v) is 3.57. The Morgan fingerprint density at radius 2 is 1.94 bits per heavy atom. The van der Waals surface area contributed by atoms with Crippen molar-refractivity contribution in [3.8, 4) is 5.69 Å². The summed E-state index contributed by atoms with van der Waals surface area (Å²) in [4.78, 5) is 4.29. The summed E-state index contributed by atoms with van der Waals surface area (Å²) in [5, 5.41) is 12.8. The molecule has 3 N–H and O–H groups in total. The van der Waals surface area contributed by atoms with Gasteiger partial charge in [0.2, 0.25) is 10.0 Å². The van der Waals surface area contributed by atoms with Crippen LogP contribution in [0.5, 0.6) is 0 Å². The second-order valence-corrected chi connectivity index (χ2v) is 8.76. The average Bonchev–Trinajstić information content (AvgIpc) is 3.11. The number of rotatable bonds is 10. The Bertz CT molecular complexity index is 1130. The molecule has 0 aliphatic carbocycles. The monoisotopic (exact) mass is 447 g/mol. The van der Waals surface area contributed by atoms with Gasteiger partial charge < -0.3 is 10.1 Å². The Hall–Kier alpha value is -2.66. The number of nitrogens with one attached hydrogen (secondary N) is 1. The zero-order valence-electron chi connectivity index (χ0n) is 17.5. The molecule has 0 radical (unpaired) electrons. The number of halogens is 1. The SMILES string of the molecule is COCCCNCc1nc(Cc2ccc(C)cc2)n(-c2ccc(S(N)(=O)=O)cc2F)n1. The molecule has 0 aliphatic heterocycles. The summed E-state index contributed by atoms with van der Waals surface area (Å²) >= 11 is 0. The Morgan fingerprint density at radius 1 is 1.19 bits per heavy atom. The number of nitrogens with two attached hydrogens (primary N) is 1. The molecule has 31 heavy (non-hydrogen) atoms. The van der Waals surface area contributed by atoms with Gasteiger partial charge in [-0.2, -0.15) is 0 Å². The van der Waals surface area contributed by atoms with Crippen molar-refractivity contribution in [3.05, 3.63) is 71.1 Å². The van der Waals surface area contributed by atoms with Gasteiger partial charge in [0.15, 0.2) is 5.82 Å². The third-order valence-corrected chi connectivity index (χ3v) is 5.57. The first-order valence-electron chi connectivity index (χ1n) is 9.80. The van der Waals surface area contributed by atoms with E-state index in [9.17, 15) is 12.8 Å². The normalized spacial score (nSPS) is 11.7. The molecule has 0 spiro atoms. The van der Waals surface area contributed by atoms with Crippen LogP contribution in [-0.2, 0) is 27.7 Å². The number of benzene rings is 2. The standard InChI is InChI=1S/C21H26FN5O3S/c1-15-4-6-16(7-5-15)12-21-25-20(14-24-10-3-11-30-2)26-27(21)19-9-8-17(13-18(19)22)31(23,28)29/h4-9,13,24H,3,10-12,14H2,1-2H3,(H2,23,28,29). The Kier molecular flexibility index (Phi) is 7.50. The van der Waals surface area contributed by atoms with Crippen molar-refractivity contribution >= 4 is 10.0 Å². The van der Waals surface area contributed by atoms with E-state index >= 15 is 0 Å². The van der Waals surface area contributed by atoms with E-state index in [0.717, 1.165) is 30.2 Å². The predicted molar refractivity (Wildman–Crippen MR) is 115 cm³/mol. The van der Waals surface area contributed by atoms with Gasteiger partial charge in [-0.3, -0.25) is 0 Å². The van der Waals surface area contributed by atoms with Gasteiger partial charge in [0.1, 0.15) is 17.3 Å². The molecule has 1 heterocycles. The highest BCUT2D eigenvalue weighted by atomic mass is 32.2. The van der Waals surface area contributed by atoms with E-state index in [-0.39, 0.29) is 10.6 Å². The van der Waals surface area contributed by atoms with Gasteiger partial charge in [0.25, 0.3) is 0 Å². The Morgan fingerprint density at radius 3 is 2.58 bits per heavy atom. The molecule has 3 rings (SSSR count). The average molecular weight is 448 g/mol. The third-order valence-electron chi connectivity index (χ3n) is 4.66. The molecule has 2 aromatic carbocycles. The zero-order chi connectivity index (χ0) is 22.4. The van der Waals surface area contributed by atoms with Crippen molar-refractivity contribution in [1.82, 2.24) is 20.1 Å². The van der Waals surface area contributed by atoms with Crippen LogP contribution < -0.4 is 10.5 Å². The van der Waals surface area contributed by atoms with Gasteiger partial charge in [-0.05, 0) is 43.7 Å². The Balaban J connectivity index is 1.91. The number of hydrogen-bond acceptors (Lipinski definition) is 6. The molecule has 0 atom stereocenters. The number of ether oxygens (including phenoxy) is 1. The lowest BCUT2D eigenvalue weighted by atomic mass is 10.1. The van der Waals surface area contributed by atoms with Crippen molar-refractivity contribution < 1.29 is 17.5 Å². The van der Waals surface area contributed by atoms with Crippen LogP contribution in [0.2, 0.25) is 0 Å². The fourth-order valence-electron chi connectivity index (χ4n) is 3.04. The third kappa shape index (κ3) is 6.17. The van der Waals surface area contributed by atoms with E-state index < -0.39 is 15.8 Å². The highest BCUT2D eigenvalue weighted by molar-refractivity contribution is 7.89. The molecule has 0 unspecified atom stereocenters. The minimum absolute atomic E-state index is 0.104. The lowest BCUT2D eigenvalue weighted by molar-refractivity contribution is 0.194. The number of aryl methyl sites for hydroxylation is 1. The van der Waals surface area contributed by atoms with Crippen LogP contribution in [0.1, 0.15) is 29.2 Å². The van der Waals surface area contributed by atoms with Crippen molar-refractivity contribution in [2.24, 2.45) is 5.14 Å². The van der Waals surface area contributed by atoms with Crippen LogP contribution in [-0.4, -0.2) is 43.4 Å². The maximum atomic E-state index is 14.8. The first-order chi connectivity index (χ1) is 14.8. The second-order valence-electron chi connectivity index (χ2n) is 7.20. The first kappa shape index (κ1) is 23.0. The van der Waals surface area contributed by atoms with Crippen molar-refractivity contribution in [1.29, 1.82) is 0 Å². The lowest BCUT2D eigenvalue weighted by Gasteiger charge is -2.09. The van der Waals surface area contributed by atoms with Gasteiger partial charge in [0.05, 0.1) is 11.4 Å². The van der Waals surface area contributed by atoms with Crippen LogP contribution in [0, 0.1) is 12.7 Å². The number of aromatic nitrogens is 3. The van der Waals surface area contributed by atoms with Gasteiger partial charge in [-0.1, -0.05) is 29.8 Å². The summed E-state index contributed by atoms with van der Waals surface area (Å²) in [7, 11) is -2.36. The maximum Gasteiger partial charge on any atom is 0.238 e. The summed E-state index contributed by atoms with van der Waals surface area (Å²) in [6, 6.07) is 11.5. The molecule has 166 valence electrons. The van der Waals surface area contributed by atoms with Crippen molar-refractivity contribution in [3.63, 3.8) is 0 Å². The van der Waals surface area contributed by atoms with Gasteiger partial charge in [0, 0.05) is 20.1 Å². The summed E-state index contributed by atoms with van der Waals surface area (Å²) in [6.07, 6.45) is 1.28.